The van der Waals surface area contributed by atoms with E-state index in [1.165, 1.54) is 27.4 Å². The molecule has 2 aromatic carbocycles. The molecule has 0 aliphatic carbocycles. The second-order valence-electron chi connectivity index (χ2n) is 6.93. The van der Waals surface area contributed by atoms with E-state index in [0.717, 1.165) is 18.5 Å². The maximum absolute atomic E-state index is 13.5. The first-order valence-electron chi connectivity index (χ1n) is 9.59. The Balaban J connectivity index is 2.26. The van der Waals surface area contributed by atoms with Crippen molar-refractivity contribution >= 4 is 32.4 Å². The van der Waals surface area contributed by atoms with Gasteiger partial charge >= 0.3 is 6.18 Å². The monoisotopic (exact) mass is 520 g/mol. The highest BCUT2D eigenvalue weighted by Crippen LogP contribution is 2.46. The first-order chi connectivity index (χ1) is 16.4. The maximum Gasteiger partial charge on any atom is 0.422 e. The molecule has 0 bridgehead atoms. The zero-order valence-electron chi connectivity index (χ0n) is 18.6. The van der Waals surface area contributed by atoms with Gasteiger partial charge in [-0.2, -0.15) is 13.2 Å². The van der Waals surface area contributed by atoms with E-state index in [0.29, 0.717) is 5.52 Å². The number of aromatic nitrogens is 2. The fraction of sp³-hybridized carbons (Fsp3) is 0.300. The van der Waals surface area contributed by atoms with Crippen LogP contribution in [0.3, 0.4) is 0 Å². The number of primary sulfonamides is 1. The minimum Gasteiger partial charge on any atom is -0.493 e. The molecule has 0 saturated heterocycles. The Bertz CT molecular complexity index is 1350. The van der Waals surface area contributed by atoms with Gasteiger partial charge in [0, 0.05) is 11.6 Å². The van der Waals surface area contributed by atoms with Crippen molar-refractivity contribution in [3.05, 3.63) is 30.1 Å². The number of anilines is 2. The molecule has 0 aliphatic heterocycles. The summed E-state index contributed by atoms with van der Waals surface area (Å²) >= 11 is 0. The summed E-state index contributed by atoms with van der Waals surface area (Å²) in [5.74, 6) is 0.0628. The number of nitrogens with two attached hydrogens (primary N) is 1. The molecule has 1 heterocycles. The highest BCUT2D eigenvalue weighted by atomic mass is 32.2. The molecule has 3 aromatic rings. The number of methoxy groups -OCH3 is 3. The molecule has 15 heteroatoms. The van der Waals surface area contributed by atoms with Gasteiger partial charge in [-0.25, -0.2) is 27.9 Å². The first-order valence-corrected chi connectivity index (χ1v) is 11.1. The zero-order valence-corrected chi connectivity index (χ0v) is 19.4. The summed E-state index contributed by atoms with van der Waals surface area (Å²) in [6.07, 6.45) is -3.58. The number of alkyl halides is 4. The summed E-state index contributed by atoms with van der Waals surface area (Å²) < 4.78 is 96.8. The van der Waals surface area contributed by atoms with Crippen molar-refractivity contribution in [2.45, 2.75) is 17.7 Å². The van der Waals surface area contributed by atoms with E-state index in [9.17, 15) is 26.0 Å². The highest BCUT2D eigenvalue weighted by molar-refractivity contribution is 7.89. The Hall–Kier alpha value is -3.59. The van der Waals surface area contributed by atoms with Gasteiger partial charge in [-0.05, 0) is 12.1 Å². The largest absolute Gasteiger partial charge is 0.493 e. The molecular formula is C20H20F4N4O6S. The average Bonchev–Trinajstić information content (AvgIpc) is 2.80. The Kier molecular flexibility index (Phi) is 7.40. The maximum atomic E-state index is 13.5. The van der Waals surface area contributed by atoms with E-state index in [1.54, 1.807) is 0 Å². The van der Waals surface area contributed by atoms with Gasteiger partial charge in [-0.1, -0.05) is 0 Å². The van der Waals surface area contributed by atoms with Crippen LogP contribution in [0.15, 0.2) is 29.4 Å². The van der Waals surface area contributed by atoms with E-state index in [4.69, 9.17) is 24.1 Å². The molecule has 0 spiro atoms. The minimum atomic E-state index is -4.72. The van der Waals surface area contributed by atoms with Gasteiger partial charge in [0.2, 0.25) is 15.8 Å². The Labute approximate surface area is 197 Å². The van der Waals surface area contributed by atoms with Crippen LogP contribution in [-0.2, 0) is 16.7 Å². The molecule has 35 heavy (non-hydrogen) atoms. The number of ether oxygens (including phenoxy) is 4. The van der Waals surface area contributed by atoms with Gasteiger partial charge < -0.3 is 24.3 Å². The molecule has 0 unspecified atom stereocenters. The van der Waals surface area contributed by atoms with Crippen LogP contribution >= 0.6 is 0 Å². The number of rotatable bonds is 9. The normalized spacial score (nSPS) is 11.9. The van der Waals surface area contributed by atoms with Crippen molar-refractivity contribution in [3.8, 4) is 23.0 Å². The van der Waals surface area contributed by atoms with Crippen LogP contribution in [0.4, 0.5) is 29.1 Å². The molecule has 0 aliphatic rings. The Morgan fingerprint density at radius 1 is 1.00 bits per heavy atom. The molecule has 0 atom stereocenters. The lowest BCUT2D eigenvalue weighted by Gasteiger charge is -2.19. The summed E-state index contributed by atoms with van der Waals surface area (Å²) in [5, 5.41) is 8.12. The molecule has 190 valence electrons. The Morgan fingerprint density at radius 3 is 2.23 bits per heavy atom. The van der Waals surface area contributed by atoms with Gasteiger partial charge in [-0.15, -0.1) is 0 Å². The standard InChI is InChI=1S/C20H20F4N4O6S/c1-31-14-5-12-16(18(33-3)17(14)32-2)19(27-9-26-12)28-11-6-15(35(25,29)30)10(7-21)4-13(11)34-8-20(22,23)24/h4-6,9H,7-8H2,1-3H3,(H2,25,29,30)(H,26,27,28). The fourth-order valence-corrected chi connectivity index (χ4v) is 4.02. The number of fused-ring (bicyclic) bond motifs is 1. The third-order valence-electron chi connectivity index (χ3n) is 4.69. The van der Waals surface area contributed by atoms with Crippen molar-refractivity contribution in [2.24, 2.45) is 5.14 Å². The molecule has 0 amide bonds. The van der Waals surface area contributed by atoms with Crippen LogP contribution in [0.2, 0.25) is 0 Å². The second-order valence-corrected chi connectivity index (χ2v) is 8.46. The third-order valence-corrected chi connectivity index (χ3v) is 5.68. The quantitative estimate of drug-likeness (QED) is 0.407. The lowest BCUT2D eigenvalue weighted by Crippen LogP contribution is -2.20. The van der Waals surface area contributed by atoms with E-state index >= 15 is 0 Å². The number of nitrogens with one attached hydrogen (secondary N) is 1. The number of nitrogens with zero attached hydrogens (tertiary/aromatic N) is 2. The van der Waals surface area contributed by atoms with Crippen LogP contribution in [-0.4, -0.2) is 52.5 Å². The SMILES string of the molecule is COc1cc2ncnc(Nc3cc(S(N)(=O)=O)c(CF)cc3OCC(F)(F)F)c2c(OC)c1OC. The zero-order chi connectivity index (χ0) is 26.0. The van der Waals surface area contributed by atoms with Gasteiger partial charge in [0.15, 0.2) is 18.1 Å². The topological polar surface area (TPSA) is 135 Å². The predicted molar refractivity (Wildman–Crippen MR) is 117 cm³/mol. The summed E-state index contributed by atoms with van der Waals surface area (Å²) in [4.78, 5) is 7.59. The first kappa shape index (κ1) is 26.0. The fourth-order valence-electron chi connectivity index (χ4n) is 3.26. The van der Waals surface area contributed by atoms with Crippen LogP contribution in [0.1, 0.15) is 5.56 Å². The summed E-state index contributed by atoms with van der Waals surface area (Å²) in [6, 6.07) is 3.18. The molecule has 10 nitrogen and oxygen atoms in total. The lowest BCUT2D eigenvalue weighted by atomic mass is 10.1. The number of benzene rings is 2. The molecule has 3 N–H and O–H groups in total. The van der Waals surface area contributed by atoms with Crippen molar-refractivity contribution in [1.29, 1.82) is 0 Å². The molecular weight excluding hydrogens is 500 g/mol. The smallest absolute Gasteiger partial charge is 0.422 e. The van der Waals surface area contributed by atoms with Crippen molar-refractivity contribution in [3.63, 3.8) is 0 Å². The van der Waals surface area contributed by atoms with Crippen LogP contribution in [0.25, 0.3) is 10.9 Å². The lowest BCUT2D eigenvalue weighted by molar-refractivity contribution is -0.153. The number of sulfonamides is 1. The predicted octanol–water partition coefficient (Wildman–Crippen LogP) is 3.46. The Morgan fingerprint density at radius 2 is 1.69 bits per heavy atom. The number of halogens is 4. The third kappa shape index (κ3) is 5.57. The van der Waals surface area contributed by atoms with Gasteiger partial charge in [0.1, 0.15) is 24.6 Å². The summed E-state index contributed by atoms with van der Waals surface area (Å²) in [5.41, 5.74) is -0.471. The second kappa shape index (κ2) is 9.95. The number of hydrogen-bond acceptors (Lipinski definition) is 9. The minimum absolute atomic E-state index is 0.0157. The molecule has 0 radical (unpaired) electrons. The summed E-state index contributed by atoms with van der Waals surface area (Å²) in [7, 11) is -0.354. The molecule has 3 rings (SSSR count). The molecule has 0 fully saturated rings. The van der Waals surface area contributed by atoms with Crippen LogP contribution < -0.4 is 29.4 Å². The van der Waals surface area contributed by atoms with E-state index in [2.05, 4.69) is 15.3 Å². The molecule has 0 saturated carbocycles. The van der Waals surface area contributed by atoms with Crippen molar-refractivity contribution in [2.75, 3.05) is 33.3 Å². The summed E-state index contributed by atoms with van der Waals surface area (Å²) in [6.45, 7) is -3.04. The average molecular weight is 520 g/mol. The van der Waals surface area contributed by atoms with Gasteiger partial charge in [0.05, 0.1) is 42.8 Å². The van der Waals surface area contributed by atoms with E-state index < -0.39 is 45.7 Å². The van der Waals surface area contributed by atoms with Crippen LogP contribution in [0.5, 0.6) is 23.0 Å². The molecule has 1 aromatic heterocycles. The van der Waals surface area contributed by atoms with Gasteiger partial charge in [0.25, 0.3) is 0 Å². The highest BCUT2D eigenvalue weighted by Gasteiger charge is 2.30. The van der Waals surface area contributed by atoms with Crippen molar-refractivity contribution in [1.82, 2.24) is 9.97 Å². The number of hydrogen-bond donors (Lipinski definition) is 2. The van der Waals surface area contributed by atoms with E-state index in [1.807, 2.05) is 0 Å². The van der Waals surface area contributed by atoms with E-state index in [-0.39, 0.29) is 34.1 Å². The van der Waals surface area contributed by atoms with Crippen molar-refractivity contribution < 1.29 is 44.9 Å². The van der Waals surface area contributed by atoms with Gasteiger partial charge in [-0.3, -0.25) is 0 Å². The van der Waals surface area contributed by atoms with Crippen LogP contribution in [0, 0.1) is 0 Å².